The van der Waals surface area contributed by atoms with Crippen LogP contribution in [-0.2, 0) is 25.6 Å². The molecule has 0 N–H and O–H groups in total. The van der Waals surface area contributed by atoms with Gasteiger partial charge in [-0.25, -0.2) is 0 Å². The summed E-state index contributed by atoms with van der Waals surface area (Å²) in [5.41, 5.74) is 1.13. The molecular weight excluding hydrogens is 431 g/mol. The summed E-state index contributed by atoms with van der Waals surface area (Å²) in [6, 6.07) is 10.4. The minimum absolute atomic E-state index is 0.0389. The first-order valence-corrected chi connectivity index (χ1v) is 10.4. The zero-order chi connectivity index (χ0) is 18.3. The van der Waals surface area contributed by atoms with E-state index in [1.165, 1.54) is 5.56 Å². The van der Waals surface area contributed by atoms with Crippen LogP contribution >= 0.6 is 22.6 Å². The van der Waals surface area contributed by atoms with Gasteiger partial charge in [-0.2, -0.15) is 0 Å². The van der Waals surface area contributed by atoms with Gasteiger partial charge in [0.05, 0.1) is 37.6 Å². The molecule has 1 fully saturated rings. The van der Waals surface area contributed by atoms with Gasteiger partial charge in [-0.15, -0.1) is 0 Å². The third-order valence-electron chi connectivity index (χ3n) is 5.12. The van der Waals surface area contributed by atoms with Crippen LogP contribution in [0.15, 0.2) is 30.3 Å². The fraction of sp³-hybridized carbons (Fsp3) is 0.700. The van der Waals surface area contributed by atoms with Gasteiger partial charge in [0.2, 0.25) is 0 Å². The van der Waals surface area contributed by atoms with Gasteiger partial charge < -0.3 is 18.9 Å². The van der Waals surface area contributed by atoms with E-state index in [0.29, 0.717) is 13.2 Å². The summed E-state index contributed by atoms with van der Waals surface area (Å²) < 4.78 is 24.6. The molecule has 1 aliphatic heterocycles. The normalized spacial score (nSPS) is 27.2. The molecule has 2 rings (SSSR count). The Labute approximate surface area is 165 Å². The van der Waals surface area contributed by atoms with Crippen LogP contribution in [-0.4, -0.2) is 49.7 Å². The highest BCUT2D eigenvalue weighted by atomic mass is 127. The molecule has 4 atom stereocenters. The molecule has 25 heavy (non-hydrogen) atoms. The predicted octanol–water partition coefficient (Wildman–Crippen LogP) is 4.24. The molecule has 0 saturated carbocycles. The van der Waals surface area contributed by atoms with Gasteiger partial charge >= 0.3 is 0 Å². The van der Waals surface area contributed by atoms with Crippen LogP contribution in [0.3, 0.4) is 0 Å². The van der Waals surface area contributed by atoms with Gasteiger partial charge in [0.25, 0.3) is 0 Å². The number of ether oxygens (including phenoxy) is 4. The average Bonchev–Trinajstić information content (AvgIpc) is 2.62. The molecule has 0 spiro atoms. The van der Waals surface area contributed by atoms with Gasteiger partial charge in [0.1, 0.15) is 0 Å². The van der Waals surface area contributed by atoms with Gasteiger partial charge in [-0.1, -0.05) is 66.8 Å². The smallest absolute Gasteiger partial charge is 0.0829 e. The number of benzene rings is 1. The lowest BCUT2D eigenvalue weighted by molar-refractivity contribution is -0.197. The molecule has 1 aromatic carbocycles. The number of hydrogen-bond acceptors (Lipinski definition) is 4. The molecule has 0 radical (unpaired) electrons. The lowest BCUT2D eigenvalue weighted by atomic mass is 9.74. The van der Waals surface area contributed by atoms with E-state index in [4.69, 9.17) is 18.9 Å². The Balaban J connectivity index is 2.06. The second-order valence-corrected chi connectivity index (χ2v) is 8.17. The minimum Gasteiger partial charge on any atom is -0.382 e. The Kier molecular flexibility index (Phi) is 8.61. The lowest BCUT2D eigenvalue weighted by Gasteiger charge is -2.48. The van der Waals surface area contributed by atoms with Crippen molar-refractivity contribution in [3.8, 4) is 0 Å². The summed E-state index contributed by atoms with van der Waals surface area (Å²) in [7, 11) is 3.44. The van der Waals surface area contributed by atoms with Crippen LogP contribution < -0.4 is 0 Å². The highest BCUT2D eigenvalue weighted by Crippen LogP contribution is 2.41. The molecule has 142 valence electrons. The monoisotopic (exact) mass is 462 g/mol. The quantitative estimate of drug-likeness (QED) is 0.407. The highest BCUT2D eigenvalue weighted by molar-refractivity contribution is 14.1. The third-order valence-corrected chi connectivity index (χ3v) is 6.10. The SMILES string of the molecule is COC[C@H](C[C@H]1O[C@H](CI)C[C@@H](OCc2ccccc2)C1(C)C)OC. The highest BCUT2D eigenvalue weighted by Gasteiger charge is 2.46. The molecule has 1 aromatic rings. The standard InChI is InChI=1S/C20H31IO4/c1-20(2)18(24-13-15-8-6-5-7-9-15)10-16(12-21)25-19(20)11-17(23-4)14-22-3/h5-9,16-19H,10-14H2,1-4H3/t16-,17-,18+,19+/m0/s1. The number of halogens is 1. The molecule has 0 bridgehead atoms. The van der Waals surface area contributed by atoms with Crippen molar-refractivity contribution in [1.82, 2.24) is 0 Å². The van der Waals surface area contributed by atoms with Gasteiger partial charge in [-0.05, 0) is 5.56 Å². The van der Waals surface area contributed by atoms with Crippen LogP contribution in [0.4, 0.5) is 0 Å². The zero-order valence-electron chi connectivity index (χ0n) is 15.7. The molecule has 5 heteroatoms. The molecule has 1 aliphatic rings. The van der Waals surface area contributed by atoms with Crippen molar-refractivity contribution in [3.63, 3.8) is 0 Å². The Morgan fingerprint density at radius 2 is 1.96 bits per heavy atom. The molecule has 1 heterocycles. The summed E-state index contributed by atoms with van der Waals surface area (Å²) in [5, 5.41) is 0. The predicted molar refractivity (Wildman–Crippen MR) is 108 cm³/mol. The Morgan fingerprint density at radius 1 is 1.24 bits per heavy atom. The van der Waals surface area contributed by atoms with Gasteiger partial charge in [0, 0.05) is 36.9 Å². The fourth-order valence-electron chi connectivity index (χ4n) is 3.38. The van der Waals surface area contributed by atoms with Crippen molar-refractivity contribution in [2.75, 3.05) is 25.3 Å². The summed E-state index contributed by atoms with van der Waals surface area (Å²) >= 11 is 2.40. The number of alkyl halides is 1. The second kappa shape index (κ2) is 10.2. The first kappa shape index (κ1) is 21.1. The van der Waals surface area contributed by atoms with Crippen LogP contribution in [0.25, 0.3) is 0 Å². The molecule has 0 aliphatic carbocycles. The van der Waals surface area contributed by atoms with Crippen molar-refractivity contribution in [2.45, 2.75) is 57.7 Å². The van der Waals surface area contributed by atoms with Crippen molar-refractivity contribution < 1.29 is 18.9 Å². The Hall–Kier alpha value is -0.210. The second-order valence-electron chi connectivity index (χ2n) is 7.29. The van der Waals surface area contributed by atoms with E-state index < -0.39 is 0 Å². The van der Waals surface area contributed by atoms with Crippen LogP contribution in [0.5, 0.6) is 0 Å². The van der Waals surface area contributed by atoms with E-state index in [-0.39, 0.29) is 29.8 Å². The third kappa shape index (κ3) is 5.89. The van der Waals surface area contributed by atoms with Crippen LogP contribution in [0.2, 0.25) is 0 Å². The number of methoxy groups -OCH3 is 2. The van der Waals surface area contributed by atoms with Crippen molar-refractivity contribution in [1.29, 1.82) is 0 Å². The summed E-state index contributed by atoms with van der Waals surface area (Å²) in [4.78, 5) is 0. The Bertz CT molecular complexity index is 494. The van der Waals surface area contributed by atoms with E-state index in [0.717, 1.165) is 17.3 Å². The van der Waals surface area contributed by atoms with E-state index >= 15 is 0 Å². The van der Waals surface area contributed by atoms with E-state index in [2.05, 4.69) is 60.7 Å². The summed E-state index contributed by atoms with van der Waals surface area (Å²) in [5.74, 6) is 0. The van der Waals surface area contributed by atoms with E-state index in [1.54, 1.807) is 14.2 Å². The van der Waals surface area contributed by atoms with E-state index in [1.807, 2.05) is 6.07 Å². The summed E-state index contributed by atoms with van der Waals surface area (Å²) in [6.07, 6.45) is 2.25. The van der Waals surface area contributed by atoms with Crippen molar-refractivity contribution in [2.24, 2.45) is 5.41 Å². The maximum absolute atomic E-state index is 6.39. The summed E-state index contributed by atoms with van der Waals surface area (Å²) in [6.45, 7) is 5.71. The molecule has 0 aromatic heterocycles. The maximum Gasteiger partial charge on any atom is 0.0829 e. The molecule has 0 unspecified atom stereocenters. The molecule has 0 amide bonds. The van der Waals surface area contributed by atoms with Crippen molar-refractivity contribution >= 4 is 22.6 Å². The van der Waals surface area contributed by atoms with Gasteiger partial charge in [-0.3, -0.25) is 0 Å². The minimum atomic E-state index is -0.0817. The Morgan fingerprint density at radius 3 is 2.56 bits per heavy atom. The molecule has 4 nitrogen and oxygen atoms in total. The first-order chi connectivity index (χ1) is 12.0. The van der Waals surface area contributed by atoms with Crippen molar-refractivity contribution in [3.05, 3.63) is 35.9 Å². The van der Waals surface area contributed by atoms with Crippen LogP contribution in [0.1, 0.15) is 32.3 Å². The number of hydrogen-bond donors (Lipinski definition) is 0. The lowest BCUT2D eigenvalue weighted by Crippen LogP contribution is -2.53. The van der Waals surface area contributed by atoms with E-state index in [9.17, 15) is 0 Å². The topological polar surface area (TPSA) is 36.9 Å². The molecule has 1 saturated heterocycles. The van der Waals surface area contributed by atoms with Crippen LogP contribution in [0, 0.1) is 5.41 Å². The maximum atomic E-state index is 6.39. The fourth-order valence-corrected chi connectivity index (χ4v) is 3.95. The zero-order valence-corrected chi connectivity index (χ0v) is 17.9. The average molecular weight is 462 g/mol. The molecular formula is C20H31IO4. The number of rotatable bonds is 9. The first-order valence-electron chi connectivity index (χ1n) is 8.89. The van der Waals surface area contributed by atoms with Gasteiger partial charge in [0.15, 0.2) is 0 Å². The largest absolute Gasteiger partial charge is 0.382 e.